The highest BCUT2D eigenvalue weighted by molar-refractivity contribution is 9.10. The van der Waals surface area contributed by atoms with Crippen LogP contribution in [0.5, 0.6) is 5.75 Å². The van der Waals surface area contributed by atoms with Crippen molar-refractivity contribution in [2.45, 2.75) is 19.5 Å². The summed E-state index contributed by atoms with van der Waals surface area (Å²) in [7, 11) is 1.61. The fourth-order valence-corrected chi connectivity index (χ4v) is 2.44. The zero-order valence-electron chi connectivity index (χ0n) is 10.3. The average Bonchev–Trinajstić information content (AvgIpc) is 2.79. The first-order valence-electron chi connectivity index (χ1n) is 5.63. The minimum absolute atomic E-state index is 0.306. The van der Waals surface area contributed by atoms with E-state index in [1.807, 2.05) is 17.7 Å². The van der Waals surface area contributed by atoms with Crippen molar-refractivity contribution >= 4 is 15.9 Å². The van der Waals surface area contributed by atoms with Gasteiger partial charge in [0.25, 0.3) is 0 Å². The summed E-state index contributed by atoms with van der Waals surface area (Å²) in [6.07, 6.45) is 5.13. The summed E-state index contributed by atoms with van der Waals surface area (Å²) in [5, 5.41) is 4.27. The van der Waals surface area contributed by atoms with Crippen LogP contribution in [0.15, 0.2) is 29.1 Å². The standard InChI is InChI=1S/C12H15BrN4O/c1-3-17-12(9(13)6-16-17)11(14)8-4-5-15-7-10(8)18-2/h4-7,11H,3,14H2,1-2H3. The van der Waals surface area contributed by atoms with E-state index in [4.69, 9.17) is 10.5 Å². The van der Waals surface area contributed by atoms with Gasteiger partial charge in [0.15, 0.2) is 0 Å². The van der Waals surface area contributed by atoms with Crippen LogP contribution in [0, 0.1) is 0 Å². The van der Waals surface area contributed by atoms with E-state index in [1.54, 1.807) is 25.7 Å². The molecular weight excluding hydrogens is 296 g/mol. The Morgan fingerprint density at radius 2 is 2.28 bits per heavy atom. The van der Waals surface area contributed by atoms with Crippen LogP contribution in [0.2, 0.25) is 0 Å². The second kappa shape index (κ2) is 5.49. The molecule has 0 radical (unpaired) electrons. The lowest BCUT2D eigenvalue weighted by molar-refractivity contribution is 0.404. The number of methoxy groups -OCH3 is 1. The summed E-state index contributed by atoms with van der Waals surface area (Å²) in [6, 6.07) is 1.56. The number of ether oxygens (including phenoxy) is 1. The summed E-state index contributed by atoms with van der Waals surface area (Å²) >= 11 is 3.48. The highest BCUT2D eigenvalue weighted by atomic mass is 79.9. The number of halogens is 1. The number of aromatic nitrogens is 3. The molecule has 1 unspecified atom stereocenters. The van der Waals surface area contributed by atoms with E-state index in [1.165, 1.54) is 0 Å². The van der Waals surface area contributed by atoms with Crippen LogP contribution in [0.3, 0.4) is 0 Å². The molecule has 2 N–H and O–H groups in total. The van der Waals surface area contributed by atoms with Gasteiger partial charge >= 0.3 is 0 Å². The zero-order chi connectivity index (χ0) is 13.1. The van der Waals surface area contributed by atoms with Gasteiger partial charge in [-0.2, -0.15) is 5.10 Å². The molecule has 2 aromatic heterocycles. The summed E-state index contributed by atoms with van der Waals surface area (Å²) in [5.41, 5.74) is 8.14. The lowest BCUT2D eigenvalue weighted by atomic mass is 10.1. The normalized spacial score (nSPS) is 12.4. The van der Waals surface area contributed by atoms with Gasteiger partial charge in [-0.15, -0.1) is 0 Å². The molecule has 0 aromatic carbocycles. The second-order valence-electron chi connectivity index (χ2n) is 3.79. The number of nitrogens with two attached hydrogens (primary N) is 1. The maximum absolute atomic E-state index is 6.32. The first kappa shape index (κ1) is 13.0. The molecule has 0 saturated carbocycles. The first-order valence-corrected chi connectivity index (χ1v) is 6.43. The van der Waals surface area contributed by atoms with Gasteiger partial charge in [-0.25, -0.2) is 0 Å². The van der Waals surface area contributed by atoms with Gasteiger partial charge in [-0.1, -0.05) is 0 Å². The number of rotatable bonds is 4. The van der Waals surface area contributed by atoms with Gasteiger partial charge in [0.2, 0.25) is 0 Å². The molecule has 2 rings (SSSR count). The van der Waals surface area contributed by atoms with Crippen molar-refractivity contribution in [3.8, 4) is 5.75 Å². The van der Waals surface area contributed by atoms with E-state index in [9.17, 15) is 0 Å². The highest BCUT2D eigenvalue weighted by Gasteiger charge is 2.20. The molecule has 0 fully saturated rings. The van der Waals surface area contributed by atoms with E-state index in [0.717, 1.165) is 22.3 Å². The molecule has 2 heterocycles. The molecule has 0 spiro atoms. The SMILES string of the molecule is CCn1ncc(Br)c1C(N)c1ccncc1OC. The maximum Gasteiger partial charge on any atom is 0.142 e. The molecule has 1 atom stereocenters. The third-order valence-corrected chi connectivity index (χ3v) is 3.41. The molecule has 0 amide bonds. The molecule has 2 aromatic rings. The molecule has 0 aliphatic carbocycles. The van der Waals surface area contributed by atoms with Crippen LogP contribution in [0.1, 0.15) is 24.2 Å². The summed E-state index contributed by atoms with van der Waals surface area (Å²) < 4.78 is 8.06. The number of pyridine rings is 1. The Kier molecular flexibility index (Phi) is 3.98. The summed E-state index contributed by atoms with van der Waals surface area (Å²) in [6.45, 7) is 2.79. The van der Waals surface area contributed by atoms with Crippen LogP contribution >= 0.6 is 15.9 Å². The molecule has 96 valence electrons. The zero-order valence-corrected chi connectivity index (χ0v) is 11.9. The first-order chi connectivity index (χ1) is 8.69. The Balaban J connectivity index is 2.47. The highest BCUT2D eigenvalue weighted by Crippen LogP contribution is 2.31. The fourth-order valence-electron chi connectivity index (χ4n) is 1.90. The monoisotopic (exact) mass is 310 g/mol. The van der Waals surface area contributed by atoms with E-state index in [-0.39, 0.29) is 6.04 Å². The number of hydrogen-bond donors (Lipinski definition) is 1. The topological polar surface area (TPSA) is 66.0 Å². The van der Waals surface area contributed by atoms with Gasteiger partial charge in [-0.05, 0) is 28.9 Å². The fraction of sp³-hybridized carbons (Fsp3) is 0.333. The molecule has 0 saturated heterocycles. The van der Waals surface area contributed by atoms with Gasteiger partial charge in [0.1, 0.15) is 5.75 Å². The molecule has 6 heteroatoms. The van der Waals surface area contributed by atoms with Crippen molar-refractivity contribution in [2.75, 3.05) is 7.11 Å². The van der Waals surface area contributed by atoms with Crippen molar-refractivity contribution in [3.05, 3.63) is 40.4 Å². The summed E-state index contributed by atoms with van der Waals surface area (Å²) in [4.78, 5) is 4.03. The Bertz CT molecular complexity index is 541. The largest absolute Gasteiger partial charge is 0.495 e. The molecular formula is C12H15BrN4O. The van der Waals surface area contributed by atoms with Crippen molar-refractivity contribution in [2.24, 2.45) is 5.73 Å². The predicted octanol–water partition coefficient (Wildman–Crippen LogP) is 2.12. The second-order valence-corrected chi connectivity index (χ2v) is 4.64. The number of hydrogen-bond acceptors (Lipinski definition) is 4. The van der Waals surface area contributed by atoms with Crippen molar-refractivity contribution in [1.29, 1.82) is 0 Å². The Morgan fingerprint density at radius 3 is 2.94 bits per heavy atom. The quantitative estimate of drug-likeness (QED) is 0.939. The number of nitrogens with zero attached hydrogens (tertiary/aromatic N) is 3. The minimum Gasteiger partial charge on any atom is -0.495 e. The number of aryl methyl sites for hydroxylation is 1. The van der Waals surface area contributed by atoms with Gasteiger partial charge < -0.3 is 10.5 Å². The molecule has 0 bridgehead atoms. The maximum atomic E-state index is 6.32. The van der Waals surface area contributed by atoms with E-state index in [2.05, 4.69) is 26.0 Å². The van der Waals surface area contributed by atoms with Gasteiger partial charge in [-0.3, -0.25) is 9.67 Å². The van der Waals surface area contributed by atoms with Crippen LogP contribution < -0.4 is 10.5 Å². The van der Waals surface area contributed by atoms with Crippen molar-refractivity contribution in [3.63, 3.8) is 0 Å². The third-order valence-electron chi connectivity index (χ3n) is 2.80. The van der Waals surface area contributed by atoms with Crippen LogP contribution in [-0.4, -0.2) is 21.9 Å². The Morgan fingerprint density at radius 1 is 1.50 bits per heavy atom. The van der Waals surface area contributed by atoms with Crippen LogP contribution in [-0.2, 0) is 6.54 Å². The van der Waals surface area contributed by atoms with Crippen LogP contribution in [0.4, 0.5) is 0 Å². The molecule has 0 aliphatic rings. The van der Waals surface area contributed by atoms with Crippen LogP contribution in [0.25, 0.3) is 0 Å². The van der Waals surface area contributed by atoms with E-state index < -0.39 is 0 Å². The minimum atomic E-state index is -0.306. The predicted molar refractivity (Wildman–Crippen MR) is 72.4 cm³/mol. The van der Waals surface area contributed by atoms with Crippen molar-refractivity contribution < 1.29 is 4.74 Å². The lowest BCUT2D eigenvalue weighted by Gasteiger charge is -2.17. The van der Waals surface area contributed by atoms with E-state index in [0.29, 0.717) is 5.75 Å². The van der Waals surface area contributed by atoms with E-state index >= 15 is 0 Å². The molecule has 0 aliphatic heterocycles. The van der Waals surface area contributed by atoms with Gasteiger partial charge in [0.05, 0.1) is 35.7 Å². The smallest absolute Gasteiger partial charge is 0.142 e. The van der Waals surface area contributed by atoms with Crippen molar-refractivity contribution in [1.82, 2.24) is 14.8 Å². The third kappa shape index (κ3) is 2.26. The van der Waals surface area contributed by atoms with Gasteiger partial charge in [0, 0.05) is 18.3 Å². The Labute approximate surface area is 114 Å². The Hall–Kier alpha value is -1.40. The average molecular weight is 311 g/mol. The summed E-state index contributed by atoms with van der Waals surface area (Å²) in [5.74, 6) is 0.681. The molecule has 5 nitrogen and oxygen atoms in total. The molecule has 18 heavy (non-hydrogen) atoms. The lowest BCUT2D eigenvalue weighted by Crippen LogP contribution is -2.18.